The normalized spacial score (nSPS) is 20.5. The van der Waals surface area contributed by atoms with Gasteiger partial charge in [-0.25, -0.2) is 4.39 Å². The van der Waals surface area contributed by atoms with Crippen LogP contribution in [0.3, 0.4) is 0 Å². The quantitative estimate of drug-likeness (QED) is 0.825. The summed E-state index contributed by atoms with van der Waals surface area (Å²) < 4.78 is 13.9. The zero-order valence-electron chi connectivity index (χ0n) is 15.7. The highest BCUT2D eigenvalue weighted by Crippen LogP contribution is 2.43. The zero-order chi connectivity index (χ0) is 20.8. The monoisotopic (exact) mass is 415 g/mol. The highest BCUT2D eigenvalue weighted by Gasteiger charge is 2.52. The molecular formula is C21H19ClFN3O3. The summed E-state index contributed by atoms with van der Waals surface area (Å²) >= 11 is 5.72. The molecule has 1 atom stereocenters. The van der Waals surface area contributed by atoms with E-state index in [1.165, 1.54) is 12.1 Å². The number of anilines is 2. The molecule has 1 saturated heterocycles. The van der Waals surface area contributed by atoms with Crippen molar-refractivity contribution >= 4 is 40.7 Å². The Labute approximate surface area is 172 Å². The fourth-order valence-corrected chi connectivity index (χ4v) is 4.22. The Morgan fingerprint density at radius 2 is 2.00 bits per heavy atom. The molecule has 0 spiro atoms. The van der Waals surface area contributed by atoms with E-state index >= 15 is 0 Å². The van der Waals surface area contributed by atoms with Crippen molar-refractivity contribution in [1.29, 1.82) is 0 Å². The number of fused-ring (bicyclic) bond motifs is 3. The van der Waals surface area contributed by atoms with E-state index in [9.17, 15) is 18.8 Å². The van der Waals surface area contributed by atoms with E-state index in [0.717, 1.165) is 6.07 Å². The molecule has 0 unspecified atom stereocenters. The van der Waals surface area contributed by atoms with Gasteiger partial charge in [0.1, 0.15) is 11.5 Å². The lowest BCUT2D eigenvalue weighted by Crippen LogP contribution is -2.62. The first-order valence-electron chi connectivity index (χ1n) is 9.30. The average Bonchev–Trinajstić information content (AvgIpc) is 2.99. The Bertz CT molecular complexity index is 1030. The van der Waals surface area contributed by atoms with Gasteiger partial charge >= 0.3 is 0 Å². The SMILES string of the molecule is C[C@@]12CCC(=O)N1c1ccccc1C(=O)N2CCC(=O)Nc1ccc(Cl)cc1F. The van der Waals surface area contributed by atoms with Gasteiger partial charge in [-0.15, -0.1) is 0 Å². The summed E-state index contributed by atoms with van der Waals surface area (Å²) in [5.74, 6) is -1.34. The van der Waals surface area contributed by atoms with Crippen LogP contribution in [0.5, 0.6) is 0 Å². The Morgan fingerprint density at radius 3 is 2.76 bits per heavy atom. The van der Waals surface area contributed by atoms with Crippen LogP contribution < -0.4 is 10.2 Å². The molecule has 4 rings (SSSR count). The van der Waals surface area contributed by atoms with Gasteiger partial charge in [-0.05, 0) is 43.7 Å². The first-order valence-corrected chi connectivity index (χ1v) is 9.68. The minimum Gasteiger partial charge on any atom is -0.324 e. The molecule has 0 aliphatic carbocycles. The number of benzene rings is 2. The molecule has 2 aromatic carbocycles. The van der Waals surface area contributed by atoms with Gasteiger partial charge in [-0.1, -0.05) is 23.7 Å². The lowest BCUT2D eigenvalue weighted by atomic mass is 9.98. The van der Waals surface area contributed by atoms with Gasteiger partial charge in [0.05, 0.1) is 16.9 Å². The number of amides is 3. The van der Waals surface area contributed by atoms with Crippen LogP contribution in [0.4, 0.5) is 15.8 Å². The average molecular weight is 416 g/mol. The molecule has 2 aromatic rings. The van der Waals surface area contributed by atoms with Crippen LogP contribution in [0.1, 0.15) is 36.5 Å². The van der Waals surface area contributed by atoms with Crippen molar-refractivity contribution in [3.05, 3.63) is 58.9 Å². The summed E-state index contributed by atoms with van der Waals surface area (Å²) in [6.07, 6.45) is 0.781. The molecule has 0 aromatic heterocycles. The Balaban J connectivity index is 1.54. The van der Waals surface area contributed by atoms with Crippen LogP contribution in [-0.2, 0) is 9.59 Å². The molecule has 2 aliphatic heterocycles. The topological polar surface area (TPSA) is 69.7 Å². The number of nitrogens with one attached hydrogen (secondary N) is 1. The molecule has 29 heavy (non-hydrogen) atoms. The van der Waals surface area contributed by atoms with Crippen LogP contribution in [0.25, 0.3) is 0 Å². The largest absolute Gasteiger partial charge is 0.324 e. The molecule has 8 heteroatoms. The molecule has 0 bridgehead atoms. The van der Waals surface area contributed by atoms with Crippen molar-refractivity contribution < 1.29 is 18.8 Å². The highest BCUT2D eigenvalue weighted by atomic mass is 35.5. The highest BCUT2D eigenvalue weighted by molar-refractivity contribution is 6.30. The van der Waals surface area contributed by atoms with Gasteiger partial charge < -0.3 is 10.2 Å². The van der Waals surface area contributed by atoms with Crippen molar-refractivity contribution in [3.63, 3.8) is 0 Å². The van der Waals surface area contributed by atoms with Crippen LogP contribution >= 0.6 is 11.6 Å². The molecule has 1 fully saturated rings. The first kappa shape index (κ1) is 19.4. The Hall–Kier alpha value is -2.93. The van der Waals surface area contributed by atoms with E-state index < -0.39 is 17.4 Å². The van der Waals surface area contributed by atoms with Crippen molar-refractivity contribution in [2.75, 3.05) is 16.8 Å². The maximum Gasteiger partial charge on any atom is 0.257 e. The van der Waals surface area contributed by atoms with Crippen LogP contribution in [0.2, 0.25) is 5.02 Å². The third-order valence-corrected chi connectivity index (χ3v) is 5.75. The van der Waals surface area contributed by atoms with Crippen LogP contribution in [0, 0.1) is 5.82 Å². The maximum absolute atomic E-state index is 13.9. The third-order valence-electron chi connectivity index (χ3n) is 5.51. The van der Waals surface area contributed by atoms with E-state index in [2.05, 4.69) is 5.32 Å². The Kier molecular flexibility index (Phi) is 4.78. The molecule has 1 N–H and O–H groups in total. The molecule has 0 saturated carbocycles. The van der Waals surface area contributed by atoms with Gasteiger partial charge in [0.2, 0.25) is 11.8 Å². The van der Waals surface area contributed by atoms with Crippen molar-refractivity contribution in [2.45, 2.75) is 31.8 Å². The molecule has 2 heterocycles. The predicted octanol–water partition coefficient (Wildman–Crippen LogP) is 3.81. The molecule has 3 amide bonds. The van der Waals surface area contributed by atoms with Crippen LogP contribution in [-0.4, -0.2) is 34.8 Å². The first-order chi connectivity index (χ1) is 13.8. The minimum absolute atomic E-state index is 0.0265. The lowest BCUT2D eigenvalue weighted by molar-refractivity contribution is -0.117. The number of carbonyl (C=O) groups is 3. The number of halogens is 2. The van der Waals surface area contributed by atoms with Crippen molar-refractivity contribution in [2.24, 2.45) is 0 Å². The van der Waals surface area contributed by atoms with E-state index in [4.69, 9.17) is 11.6 Å². The van der Waals surface area contributed by atoms with E-state index in [1.807, 2.05) is 6.92 Å². The summed E-state index contributed by atoms with van der Waals surface area (Å²) in [7, 11) is 0. The number of rotatable bonds is 4. The molecule has 2 aliphatic rings. The van der Waals surface area contributed by atoms with E-state index in [1.54, 1.807) is 34.1 Å². The number of nitrogens with zero attached hydrogens (tertiary/aromatic N) is 2. The minimum atomic E-state index is -0.825. The summed E-state index contributed by atoms with van der Waals surface area (Å²) in [6.45, 7) is 1.94. The molecular weight excluding hydrogens is 397 g/mol. The number of carbonyl (C=O) groups excluding carboxylic acids is 3. The summed E-state index contributed by atoms with van der Waals surface area (Å²) in [5.41, 5.74) is 0.239. The second kappa shape index (κ2) is 7.15. The second-order valence-corrected chi connectivity index (χ2v) is 7.78. The molecule has 0 radical (unpaired) electrons. The smallest absolute Gasteiger partial charge is 0.257 e. The number of para-hydroxylation sites is 1. The molecule has 6 nitrogen and oxygen atoms in total. The Morgan fingerprint density at radius 1 is 1.24 bits per heavy atom. The third kappa shape index (κ3) is 3.25. The summed E-state index contributed by atoms with van der Waals surface area (Å²) in [6, 6.07) is 11.0. The zero-order valence-corrected chi connectivity index (χ0v) is 16.5. The maximum atomic E-state index is 13.9. The van der Waals surface area contributed by atoms with Crippen LogP contribution in [0.15, 0.2) is 42.5 Å². The fourth-order valence-electron chi connectivity index (χ4n) is 4.06. The summed E-state index contributed by atoms with van der Waals surface area (Å²) in [5, 5.41) is 2.73. The van der Waals surface area contributed by atoms with Gasteiger partial charge in [-0.2, -0.15) is 0 Å². The fraction of sp³-hybridized carbons (Fsp3) is 0.286. The van der Waals surface area contributed by atoms with Crippen molar-refractivity contribution in [3.8, 4) is 0 Å². The van der Waals surface area contributed by atoms with Gasteiger partial charge in [0, 0.05) is 24.4 Å². The van der Waals surface area contributed by atoms with Crippen molar-refractivity contribution in [1.82, 2.24) is 4.90 Å². The van der Waals surface area contributed by atoms with E-state index in [-0.39, 0.29) is 35.5 Å². The van der Waals surface area contributed by atoms with Gasteiger partial charge in [0.15, 0.2) is 0 Å². The van der Waals surface area contributed by atoms with Gasteiger partial charge in [-0.3, -0.25) is 19.3 Å². The summed E-state index contributed by atoms with van der Waals surface area (Å²) in [4.78, 5) is 41.2. The number of hydrogen-bond acceptors (Lipinski definition) is 3. The number of hydrogen-bond donors (Lipinski definition) is 1. The van der Waals surface area contributed by atoms with E-state index in [0.29, 0.717) is 24.1 Å². The molecule has 150 valence electrons. The van der Waals surface area contributed by atoms with Gasteiger partial charge in [0.25, 0.3) is 5.91 Å². The predicted molar refractivity (Wildman–Crippen MR) is 107 cm³/mol. The lowest BCUT2D eigenvalue weighted by Gasteiger charge is -2.48. The second-order valence-electron chi connectivity index (χ2n) is 7.34. The standard InChI is InChI=1S/C21H19ClFN3O3/c1-21-10-8-19(28)26(21)17-5-3-2-4-14(17)20(29)25(21)11-9-18(27)24-16-7-6-13(22)12-15(16)23/h2-7,12H,8-11H2,1H3,(H,24,27)/t21-/m0/s1.